The molecule has 14 nitrogen and oxygen atoms in total. The molecule has 0 aliphatic carbocycles. The van der Waals surface area contributed by atoms with Gasteiger partial charge in [-0.3, -0.25) is 4.79 Å². The van der Waals surface area contributed by atoms with Crippen molar-refractivity contribution in [3.63, 3.8) is 0 Å². The van der Waals surface area contributed by atoms with E-state index in [2.05, 4.69) is 0 Å². The Bertz CT molecular complexity index is 1620. The molecule has 1 atom stereocenters. The number of ether oxygens (including phenoxy) is 4. The average Bonchev–Trinajstić information content (AvgIpc) is 2.97. The van der Waals surface area contributed by atoms with Crippen molar-refractivity contribution in [2.45, 2.75) is 55.8 Å². The minimum absolute atomic E-state index is 0.00999. The van der Waals surface area contributed by atoms with Gasteiger partial charge in [0.2, 0.25) is 0 Å². The van der Waals surface area contributed by atoms with Crippen LogP contribution in [0.4, 0.5) is 0 Å². The van der Waals surface area contributed by atoms with Crippen LogP contribution >= 0.6 is 0 Å². The molecule has 4 aliphatic rings. The van der Waals surface area contributed by atoms with Gasteiger partial charge in [-0.25, -0.2) is 10.3 Å². The summed E-state index contributed by atoms with van der Waals surface area (Å²) in [5, 5.41) is 20.7. The summed E-state index contributed by atoms with van der Waals surface area (Å²) >= 11 is 0. The number of nitrogens with two attached hydrogens (primary N) is 2. The van der Waals surface area contributed by atoms with E-state index in [-0.39, 0.29) is 25.3 Å². The van der Waals surface area contributed by atoms with Crippen LogP contribution in [0.3, 0.4) is 0 Å². The van der Waals surface area contributed by atoms with Crippen molar-refractivity contribution >= 4 is 26.2 Å². The summed E-state index contributed by atoms with van der Waals surface area (Å²) < 4.78 is 70.4. The predicted octanol–water partition coefficient (Wildman–Crippen LogP) is 1.25. The van der Waals surface area contributed by atoms with Gasteiger partial charge in [0.05, 0.1) is 32.3 Å². The maximum absolute atomic E-state index is 12.4. The van der Waals surface area contributed by atoms with Crippen LogP contribution in [0.15, 0.2) is 36.4 Å². The van der Waals surface area contributed by atoms with Gasteiger partial charge in [0.1, 0.15) is 34.2 Å². The van der Waals surface area contributed by atoms with Crippen molar-refractivity contribution in [2.75, 3.05) is 40.4 Å². The zero-order valence-corrected chi connectivity index (χ0v) is 26.2. The third-order valence-electron chi connectivity index (χ3n) is 8.75. The van der Waals surface area contributed by atoms with E-state index in [1.807, 2.05) is 0 Å². The standard InChI is InChI=1S/C14H20N2O5S.C14H18N2O5S/c2*1-20-10-2-3-13-11(8-10)12(17)9-14(21-13)4-6-16(7-5-14)22(15,18)19/h2-3,8,12,17H,4-7,9H2,1H3,(H2,15,18,19);2-3,8H,4-7,9H2,1H3,(H2,15,18,19). The molecule has 242 valence electrons. The number of aliphatic hydroxyl groups is 1. The number of carbonyl (C=O) groups excluding carboxylic acids is 1. The highest BCUT2D eigenvalue weighted by molar-refractivity contribution is 7.87. The van der Waals surface area contributed by atoms with Gasteiger partial charge in [0, 0.05) is 63.8 Å². The van der Waals surface area contributed by atoms with Crippen LogP contribution in [0.1, 0.15) is 60.6 Å². The third-order valence-corrected chi connectivity index (χ3v) is 10.9. The number of carbonyl (C=O) groups is 1. The molecule has 0 saturated carbocycles. The van der Waals surface area contributed by atoms with Crippen molar-refractivity contribution in [3.05, 3.63) is 47.5 Å². The number of Topliss-reactive ketones (excluding diaryl/α,β-unsaturated/α-hetero) is 1. The molecule has 2 fully saturated rings. The van der Waals surface area contributed by atoms with Gasteiger partial charge in [0.15, 0.2) is 5.78 Å². The van der Waals surface area contributed by atoms with Crippen LogP contribution in [0.5, 0.6) is 23.0 Å². The SMILES string of the molecule is COc1ccc2c(c1)C(=O)CC1(CCN(S(N)(=O)=O)CC1)O2.COc1ccc2c(c1)C(O)CC1(CCN(S(N)(=O)=O)CC1)O2. The predicted molar refractivity (Wildman–Crippen MR) is 159 cm³/mol. The Morgan fingerprint density at radius 3 is 1.80 bits per heavy atom. The second-order valence-corrected chi connectivity index (χ2v) is 14.6. The van der Waals surface area contributed by atoms with Crippen LogP contribution in [0, 0.1) is 0 Å². The fraction of sp³-hybridized carbons (Fsp3) is 0.536. The summed E-state index contributed by atoms with van der Waals surface area (Å²) in [7, 11) is -4.24. The molecule has 2 saturated heterocycles. The number of aliphatic hydroxyl groups excluding tert-OH is 1. The van der Waals surface area contributed by atoms with Gasteiger partial charge in [-0.2, -0.15) is 25.4 Å². The highest BCUT2D eigenvalue weighted by Crippen LogP contribution is 2.45. The highest BCUT2D eigenvalue weighted by atomic mass is 32.2. The van der Waals surface area contributed by atoms with E-state index in [9.17, 15) is 26.7 Å². The fourth-order valence-corrected chi connectivity index (χ4v) is 7.61. The van der Waals surface area contributed by atoms with E-state index in [0.717, 1.165) is 0 Å². The first-order valence-corrected chi connectivity index (χ1v) is 17.2. The van der Waals surface area contributed by atoms with Gasteiger partial charge in [0.25, 0.3) is 20.4 Å². The van der Waals surface area contributed by atoms with Gasteiger partial charge in [-0.1, -0.05) is 0 Å². The minimum Gasteiger partial charge on any atom is -0.497 e. The number of ketones is 1. The second kappa shape index (κ2) is 12.1. The van der Waals surface area contributed by atoms with Crippen LogP contribution in [0.2, 0.25) is 0 Å². The molecule has 2 spiro atoms. The minimum atomic E-state index is -3.69. The maximum Gasteiger partial charge on any atom is 0.276 e. The van der Waals surface area contributed by atoms with E-state index in [0.29, 0.717) is 79.3 Å². The van der Waals surface area contributed by atoms with Gasteiger partial charge >= 0.3 is 0 Å². The molecule has 4 heterocycles. The molecular formula is C28H38N4O10S2. The Hall–Kier alpha value is -2.99. The number of hydrogen-bond acceptors (Lipinski definition) is 10. The largest absolute Gasteiger partial charge is 0.497 e. The van der Waals surface area contributed by atoms with Crippen LogP contribution in [-0.4, -0.2) is 87.9 Å². The van der Waals surface area contributed by atoms with E-state index in [1.165, 1.54) is 8.61 Å². The molecule has 4 aliphatic heterocycles. The van der Waals surface area contributed by atoms with Crippen molar-refractivity contribution < 1.29 is 45.7 Å². The molecule has 6 rings (SSSR count). The first-order valence-electron chi connectivity index (χ1n) is 14.2. The smallest absolute Gasteiger partial charge is 0.276 e. The molecule has 44 heavy (non-hydrogen) atoms. The van der Waals surface area contributed by atoms with Crippen molar-refractivity contribution in [1.82, 2.24) is 8.61 Å². The fourth-order valence-electron chi connectivity index (χ4n) is 6.23. The lowest BCUT2D eigenvalue weighted by molar-refractivity contribution is -0.0435. The molecular weight excluding hydrogens is 616 g/mol. The molecule has 16 heteroatoms. The second-order valence-electron chi connectivity index (χ2n) is 11.5. The summed E-state index contributed by atoms with van der Waals surface area (Å²) in [5.41, 5.74) is 0.0416. The van der Waals surface area contributed by atoms with Gasteiger partial charge < -0.3 is 24.1 Å². The Morgan fingerprint density at radius 1 is 0.795 bits per heavy atom. The van der Waals surface area contributed by atoms with Gasteiger partial charge in [-0.15, -0.1) is 0 Å². The van der Waals surface area contributed by atoms with E-state index >= 15 is 0 Å². The Morgan fingerprint density at radius 2 is 1.27 bits per heavy atom. The number of methoxy groups -OCH3 is 2. The molecule has 0 amide bonds. The Labute approximate surface area is 257 Å². The lowest BCUT2D eigenvalue weighted by Crippen LogP contribution is -2.53. The molecule has 0 aromatic heterocycles. The first kappa shape index (κ1) is 32.4. The van der Waals surface area contributed by atoms with E-state index in [4.69, 9.17) is 29.2 Å². The first-order chi connectivity index (χ1) is 20.7. The molecule has 0 radical (unpaired) electrons. The number of hydrogen-bond donors (Lipinski definition) is 3. The maximum atomic E-state index is 12.4. The number of nitrogens with zero attached hydrogens (tertiary/aromatic N) is 2. The van der Waals surface area contributed by atoms with Crippen molar-refractivity contribution in [3.8, 4) is 23.0 Å². The summed E-state index contributed by atoms with van der Waals surface area (Å²) in [5.74, 6) is 2.42. The Balaban J connectivity index is 0.000000175. The van der Waals surface area contributed by atoms with Gasteiger partial charge in [-0.05, 0) is 36.4 Å². The number of rotatable bonds is 4. The molecule has 2 aromatic rings. The third kappa shape index (κ3) is 6.80. The quantitative estimate of drug-likeness (QED) is 0.431. The summed E-state index contributed by atoms with van der Waals surface area (Å²) in [4.78, 5) is 12.4. The Kier molecular flexibility index (Phi) is 8.89. The number of piperidine rings is 2. The lowest BCUT2D eigenvalue weighted by atomic mass is 9.82. The molecule has 5 N–H and O–H groups in total. The molecule has 0 bridgehead atoms. The van der Waals surface area contributed by atoms with Crippen molar-refractivity contribution in [2.24, 2.45) is 10.3 Å². The summed E-state index contributed by atoms with van der Waals surface area (Å²) in [6, 6.07) is 10.5. The summed E-state index contributed by atoms with van der Waals surface area (Å²) in [6.45, 7) is 1.13. The zero-order valence-electron chi connectivity index (χ0n) is 24.6. The number of fused-ring (bicyclic) bond motifs is 2. The normalized spacial score (nSPS) is 22.9. The molecule has 2 aromatic carbocycles. The van der Waals surface area contributed by atoms with E-state index < -0.39 is 37.7 Å². The van der Waals surface area contributed by atoms with Crippen LogP contribution in [0.25, 0.3) is 0 Å². The molecule has 1 unspecified atom stereocenters. The lowest BCUT2D eigenvalue weighted by Gasteiger charge is -2.45. The van der Waals surface area contributed by atoms with Crippen LogP contribution < -0.4 is 29.2 Å². The number of benzene rings is 2. The van der Waals surface area contributed by atoms with Crippen molar-refractivity contribution in [1.29, 1.82) is 0 Å². The summed E-state index contributed by atoms with van der Waals surface area (Å²) in [6.07, 6.45) is 1.93. The zero-order chi connectivity index (χ0) is 31.9. The highest BCUT2D eigenvalue weighted by Gasteiger charge is 2.45. The average molecular weight is 655 g/mol. The topological polar surface area (TPSA) is 201 Å². The van der Waals surface area contributed by atoms with Crippen LogP contribution in [-0.2, 0) is 20.4 Å². The monoisotopic (exact) mass is 654 g/mol. The van der Waals surface area contributed by atoms with E-state index in [1.54, 1.807) is 50.6 Å².